The minimum absolute atomic E-state index is 0.103. The van der Waals surface area contributed by atoms with Crippen LogP contribution in [0, 0.1) is 0 Å². The monoisotopic (exact) mass is 394 g/mol. The van der Waals surface area contributed by atoms with Crippen LogP contribution in [0.25, 0.3) is 6.08 Å². The Kier molecular flexibility index (Phi) is 8.28. The van der Waals surface area contributed by atoms with E-state index >= 15 is 0 Å². The van der Waals surface area contributed by atoms with Crippen LogP contribution >= 0.6 is 0 Å². The van der Waals surface area contributed by atoms with Gasteiger partial charge in [-0.25, -0.2) is 0 Å². The highest BCUT2D eigenvalue weighted by Crippen LogP contribution is 2.13. The molecule has 0 unspecified atom stereocenters. The molecule has 0 spiro atoms. The molecule has 5 heteroatoms. The van der Waals surface area contributed by atoms with Gasteiger partial charge in [0.25, 0.3) is 0 Å². The van der Waals surface area contributed by atoms with Crippen molar-refractivity contribution < 1.29 is 14.3 Å². The molecule has 0 aromatic heterocycles. The highest BCUT2D eigenvalue weighted by Gasteiger charge is 2.10. The predicted octanol–water partition coefficient (Wildman–Crippen LogP) is 3.64. The first kappa shape index (κ1) is 21.1. The molecule has 0 bridgehead atoms. The van der Waals surface area contributed by atoms with E-state index in [0.29, 0.717) is 13.2 Å². The number of carbonyl (C=O) groups is 1. The maximum Gasteiger partial charge on any atom is 0.244 e. The van der Waals surface area contributed by atoms with Gasteiger partial charge in [0.15, 0.2) is 0 Å². The minimum atomic E-state index is -0.103. The second-order valence-corrected chi connectivity index (χ2v) is 7.17. The third-order valence-electron chi connectivity index (χ3n) is 4.78. The molecule has 0 atom stereocenters. The summed E-state index contributed by atoms with van der Waals surface area (Å²) >= 11 is 0. The molecule has 1 fully saturated rings. The summed E-state index contributed by atoms with van der Waals surface area (Å²) in [7, 11) is 0. The fraction of sp³-hybridized carbons (Fsp3) is 0.375. The van der Waals surface area contributed by atoms with Gasteiger partial charge in [-0.1, -0.05) is 43.3 Å². The van der Waals surface area contributed by atoms with Gasteiger partial charge in [-0.2, -0.15) is 0 Å². The first-order valence-electron chi connectivity index (χ1n) is 10.3. The molecule has 0 saturated carbocycles. The highest BCUT2D eigenvalue weighted by atomic mass is 16.5. The maximum atomic E-state index is 12.1. The van der Waals surface area contributed by atoms with Gasteiger partial charge in [-0.3, -0.25) is 9.69 Å². The number of carbonyl (C=O) groups excluding carboxylic acids is 1. The van der Waals surface area contributed by atoms with Crippen LogP contribution in [0.5, 0.6) is 5.75 Å². The Balaban J connectivity index is 1.42. The maximum absolute atomic E-state index is 12.1. The van der Waals surface area contributed by atoms with Crippen LogP contribution in [0.3, 0.4) is 0 Å². The Labute approximate surface area is 173 Å². The lowest BCUT2D eigenvalue weighted by Crippen LogP contribution is -2.35. The van der Waals surface area contributed by atoms with E-state index in [2.05, 4.69) is 41.4 Å². The van der Waals surface area contributed by atoms with E-state index in [1.165, 1.54) is 5.56 Å². The molecule has 0 aliphatic carbocycles. The molecule has 154 valence electrons. The van der Waals surface area contributed by atoms with Gasteiger partial charge in [0.1, 0.15) is 5.75 Å². The Morgan fingerprint density at radius 3 is 2.45 bits per heavy atom. The summed E-state index contributed by atoms with van der Waals surface area (Å²) in [5.74, 6) is 0.749. The van der Waals surface area contributed by atoms with Crippen LogP contribution in [-0.2, 0) is 22.6 Å². The molecule has 1 N–H and O–H groups in total. The SMILES string of the molecule is CCCOc1ccc(/C=C/C(=O)NCc2ccc(CN3CCOCC3)cc2)cc1. The Morgan fingerprint density at radius 2 is 1.76 bits per heavy atom. The van der Waals surface area contributed by atoms with Crippen LogP contribution in [-0.4, -0.2) is 43.7 Å². The molecule has 1 amide bonds. The van der Waals surface area contributed by atoms with Crippen molar-refractivity contribution in [3.8, 4) is 5.75 Å². The Hall–Kier alpha value is -2.63. The van der Waals surface area contributed by atoms with Gasteiger partial charge in [-0.15, -0.1) is 0 Å². The van der Waals surface area contributed by atoms with Gasteiger partial charge < -0.3 is 14.8 Å². The number of hydrogen-bond acceptors (Lipinski definition) is 4. The van der Waals surface area contributed by atoms with Crippen LogP contribution in [0.15, 0.2) is 54.6 Å². The van der Waals surface area contributed by atoms with E-state index in [1.54, 1.807) is 6.08 Å². The van der Waals surface area contributed by atoms with E-state index in [-0.39, 0.29) is 5.91 Å². The fourth-order valence-corrected chi connectivity index (χ4v) is 3.10. The lowest BCUT2D eigenvalue weighted by Gasteiger charge is -2.26. The van der Waals surface area contributed by atoms with Crippen LogP contribution in [0.4, 0.5) is 0 Å². The van der Waals surface area contributed by atoms with Crippen molar-refractivity contribution in [2.24, 2.45) is 0 Å². The summed E-state index contributed by atoms with van der Waals surface area (Å²) in [6, 6.07) is 16.2. The number of benzene rings is 2. The molecule has 0 radical (unpaired) electrons. The van der Waals surface area contributed by atoms with E-state index in [4.69, 9.17) is 9.47 Å². The highest BCUT2D eigenvalue weighted by molar-refractivity contribution is 5.91. The summed E-state index contributed by atoms with van der Waals surface area (Å²) in [4.78, 5) is 14.5. The van der Waals surface area contributed by atoms with Gasteiger partial charge in [0.2, 0.25) is 5.91 Å². The first-order chi connectivity index (χ1) is 14.2. The van der Waals surface area contributed by atoms with Gasteiger partial charge in [0.05, 0.1) is 19.8 Å². The number of amides is 1. The molecule has 2 aromatic rings. The van der Waals surface area contributed by atoms with Crippen molar-refractivity contribution in [2.75, 3.05) is 32.9 Å². The number of ether oxygens (including phenoxy) is 2. The number of nitrogens with zero attached hydrogens (tertiary/aromatic N) is 1. The van der Waals surface area contributed by atoms with Crippen LogP contribution < -0.4 is 10.1 Å². The van der Waals surface area contributed by atoms with Crippen molar-refractivity contribution >= 4 is 12.0 Å². The number of morpholine rings is 1. The van der Waals surface area contributed by atoms with E-state index < -0.39 is 0 Å². The second-order valence-electron chi connectivity index (χ2n) is 7.17. The number of nitrogens with one attached hydrogen (secondary N) is 1. The fourth-order valence-electron chi connectivity index (χ4n) is 3.10. The molecule has 2 aromatic carbocycles. The molecular weight excluding hydrogens is 364 g/mol. The summed E-state index contributed by atoms with van der Waals surface area (Å²) in [6.45, 7) is 7.85. The van der Waals surface area contributed by atoms with Crippen molar-refractivity contribution in [1.29, 1.82) is 0 Å². The second kappa shape index (κ2) is 11.4. The lowest BCUT2D eigenvalue weighted by atomic mass is 10.1. The largest absolute Gasteiger partial charge is 0.494 e. The molecule has 5 nitrogen and oxygen atoms in total. The molecule has 1 aliphatic rings. The lowest BCUT2D eigenvalue weighted by molar-refractivity contribution is -0.116. The normalized spacial score (nSPS) is 14.8. The third kappa shape index (κ3) is 7.37. The zero-order chi connectivity index (χ0) is 20.3. The molecule has 29 heavy (non-hydrogen) atoms. The standard InChI is InChI=1S/C24H30N2O3/c1-2-15-29-23-10-7-20(8-11-23)9-12-24(27)25-18-21-3-5-22(6-4-21)19-26-13-16-28-17-14-26/h3-12H,2,13-19H2,1H3,(H,25,27)/b12-9+. The average molecular weight is 395 g/mol. The molecule has 1 saturated heterocycles. The van der Waals surface area contributed by atoms with Crippen LogP contribution in [0.2, 0.25) is 0 Å². The minimum Gasteiger partial charge on any atom is -0.494 e. The summed E-state index contributed by atoms with van der Waals surface area (Å²) in [5, 5.41) is 2.93. The van der Waals surface area contributed by atoms with Gasteiger partial charge in [-0.05, 0) is 41.3 Å². The zero-order valence-electron chi connectivity index (χ0n) is 17.1. The average Bonchev–Trinajstić information content (AvgIpc) is 2.77. The van der Waals surface area contributed by atoms with Crippen molar-refractivity contribution in [3.63, 3.8) is 0 Å². The predicted molar refractivity (Wildman–Crippen MR) is 116 cm³/mol. The quantitative estimate of drug-likeness (QED) is 0.660. The van der Waals surface area contributed by atoms with E-state index in [9.17, 15) is 4.79 Å². The summed E-state index contributed by atoms with van der Waals surface area (Å²) < 4.78 is 10.9. The number of hydrogen-bond donors (Lipinski definition) is 1. The number of rotatable bonds is 9. The Bertz CT molecular complexity index is 779. The Morgan fingerprint density at radius 1 is 1.07 bits per heavy atom. The zero-order valence-corrected chi connectivity index (χ0v) is 17.1. The van der Waals surface area contributed by atoms with Gasteiger partial charge >= 0.3 is 0 Å². The van der Waals surface area contributed by atoms with Crippen LogP contribution in [0.1, 0.15) is 30.0 Å². The third-order valence-corrected chi connectivity index (χ3v) is 4.78. The van der Waals surface area contributed by atoms with Crippen molar-refractivity contribution in [1.82, 2.24) is 10.2 Å². The molecule has 1 aliphatic heterocycles. The van der Waals surface area contributed by atoms with E-state index in [1.807, 2.05) is 30.3 Å². The molecule has 1 heterocycles. The molecular formula is C24H30N2O3. The smallest absolute Gasteiger partial charge is 0.244 e. The first-order valence-corrected chi connectivity index (χ1v) is 10.3. The molecule has 3 rings (SSSR count). The van der Waals surface area contributed by atoms with Crippen molar-refractivity contribution in [3.05, 3.63) is 71.3 Å². The van der Waals surface area contributed by atoms with E-state index in [0.717, 1.165) is 56.1 Å². The summed E-state index contributed by atoms with van der Waals surface area (Å²) in [6.07, 6.45) is 4.36. The summed E-state index contributed by atoms with van der Waals surface area (Å²) in [5.41, 5.74) is 3.35. The van der Waals surface area contributed by atoms with Gasteiger partial charge in [0, 0.05) is 32.3 Å². The van der Waals surface area contributed by atoms with Crippen molar-refractivity contribution in [2.45, 2.75) is 26.4 Å². The topological polar surface area (TPSA) is 50.8 Å².